The minimum Gasteiger partial charge on any atom is -0.313 e. The van der Waals surface area contributed by atoms with Crippen LogP contribution in [0.5, 0.6) is 0 Å². The smallest absolute Gasteiger partial charge is 0.313 e. The fraction of sp³-hybridized carbons (Fsp3) is 0.500. The first kappa shape index (κ1) is 8.59. The van der Waals surface area contributed by atoms with Gasteiger partial charge in [0, 0.05) is 0 Å². The first-order valence-corrected chi connectivity index (χ1v) is 5.05. The van der Waals surface area contributed by atoms with Gasteiger partial charge in [-0.3, -0.25) is 0 Å². The Bertz CT molecular complexity index is 233. The summed E-state index contributed by atoms with van der Waals surface area (Å²) in [6, 6.07) is -0.348. The molecule has 66 valence electrons. The monoisotopic (exact) mass is 394 g/mol. The molecule has 2 aliphatic rings. The van der Waals surface area contributed by atoms with E-state index in [9.17, 15) is 9.59 Å². The van der Waals surface area contributed by atoms with Crippen LogP contribution in [0.25, 0.3) is 0 Å². The number of carbonyl (C=O) groups excluding carboxylic acids is 2. The standard InChI is InChI=1S/C4H4I2N4O2/c5-9-1-2(8-4(9)12)10(6)3(11)7-1/h1-2H,(H,7,11)(H,8,12). The third-order valence-corrected chi connectivity index (χ3v) is 3.79. The minimum absolute atomic E-state index is 0.174. The van der Waals surface area contributed by atoms with Gasteiger partial charge in [0.05, 0.1) is 45.7 Å². The van der Waals surface area contributed by atoms with E-state index in [2.05, 4.69) is 10.6 Å². The van der Waals surface area contributed by atoms with E-state index in [0.29, 0.717) is 0 Å². The Morgan fingerprint density at radius 1 is 1.00 bits per heavy atom. The number of fused-ring (bicyclic) bond motifs is 1. The first-order valence-electron chi connectivity index (χ1n) is 3.12. The highest BCUT2D eigenvalue weighted by atomic mass is 127. The Labute approximate surface area is 96.0 Å². The molecule has 6 nitrogen and oxygen atoms in total. The summed E-state index contributed by atoms with van der Waals surface area (Å²) < 4.78 is 2.89. The van der Waals surface area contributed by atoms with Crippen LogP contribution in [-0.2, 0) is 0 Å². The van der Waals surface area contributed by atoms with Crippen LogP contribution in [0.3, 0.4) is 0 Å². The highest BCUT2D eigenvalue weighted by molar-refractivity contribution is 14.1. The van der Waals surface area contributed by atoms with Gasteiger partial charge in [-0.2, -0.15) is 0 Å². The molecule has 0 bridgehead atoms. The zero-order valence-electron chi connectivity index (χ0n) is 5.62. The van der Waals surface area contributed by atoms with Crippen molar-refractivity contribution in [2.24, 2.45) is 0 Å². The van der Waals surface area contributed by atoms with Crippen molar-refractivity contribution < 1.29 is 9.59 Å². The van der Waals surface area contributed by atoms with Gasteiger partial charge >= 0.3 is 12.1 Å². The van der Waals surface area contributed by atoms with Crippen LogP contribution in [0.1, 0.15) is 0 Å². The number of urea groups is 2. The number of halogens is 2. The number of hydrogen-bond acceptors (Lipinski definition) is 2. The van der Waals surface area contributed by atoms with Crippen molar-refractivity contribution in [3.63, 3.8) is 0 Å². The van der Waals surface area contributed by atoms with E-state index in [1.807, 2.05) is 45.7 Å². The lowest BCUT2D eigenvalue weighted by molar-refractivity contribution is 0.226. The SMILES string of the molecule is O=C1NC2C(NC(=O)N2I)N1I. The topological polar surface area (TPSA) is 64.7 Å². The van der Waals surface area contributed by atoms with E-state index >= 15 is 0 Å². The molecule has 0 radical (unpaired) electrons. The Morgan fingerprint density at radius 2 is 1.33 bits per heavy atom. The van der Waals surface area contributed by atoms with Crippen LogP contribution in [0.2, 0.25) is 0 Å². The van der Waals surface area contributed by atoms with Crippen molar-refractivity contribution in [2.75, 3.05) is 0 Å². The van der Waals surface area contributed by atoms with Crippen LogP contribution in [0.4, 0.5) is 9.59 Å². The van der Waals surface area contributed by atoms with Crippen molar-refractivity contribution in [1.29, 1.82) is 0 Å². The average molecular weight is 394 g/mol. The molecule has 2 heterocycles. The third kappa shape index (κ3) is 1.03. The van der Waals surface area contributed by atoms with E-state index in [0.717, 1.165) is 0 Å². The highest BCUT2D eigenvalue weighted by Gasteiger charge is 2.49. The van der Waals surface area contributed by atoms with Crippen LogP contribution in [0, 0.1) is 0 Å². The van der Waals surface area contributed by atoms with Crippen molar-refractivity contribution in [3.05, 3.63) is 0 Å². The fourth-order valence-electron chi connectivity index (χ4n) is 1.15. The van der Waals surface area contributed by atoms with E-state index < -0.39 is 0 Å². The summed E-state index contributed by atoms with van der Waals surface area (Å²) in [7, 11) is 0. The van der Waals surface area contributed by atoms with E-state index in [4.69, 9.17) is 0 Å². The summed E-state index contributed by atoms with van der Waals surface area (Å²) in [5.74, 6) is 0. The van der Waals surface area contributed by atoms with Gasteiger partial charge < -0.3 is 10.6 Å². The van der Waals surface area contributed by atoms with Crippen molar-refractivity contribution >= 4 is 57.8 Å². The molecule has 0 aliphatic carbocycles. The second-order valence-electron chi connectivity index (χ2n) is 2.41. The van der Waals surface area contributed by atoms with Crippen molar-refractivity contribution in [2.45, 2.75) is 12.3 Å². The van der Waals surface area contributed by atoms with Gasteiger partial charge in [-0.25, -0.2) is 15.8 Å². The average Bonchev–Trinajstić information content (AvgIpc) is 2.43. The maximum atomic E-state index is 11.1. The molecule has 2 aliphatic heterocycles. The van der Waals surface area contributed by atoms with Gasteiger partial charge in [0.1, 0.15) is 0 Å². The maximum absolute atomic E-state index is 11.1. The quantitative estimate of drug-likeness (QED) is 0.462. The van der Waals surface area contributed by atoms with E-state index in [1.54, 1.807) is 0 Å². The fourth-order valence-corrected chi connectivity index (χ4v) is 2.31. The zero-order valence-corrected chi connectivity index (χ0v) is 9.94. The summed E-state index contributed by atoms with van der Waals surface area (Å²) in [4.78, 5) is 22.1. The number of rotatable bonds is 0. The predicted octanol–water partition coefficient (Wildman–Crippen LogP) is 0.389. The Balaban J connectivity index is 2.24. The Kier molecular flexibility index (Phi) is 1.97. The number of carbonyl (C=O) groups is 2. The largest absolute Gasteiger partial charge is 0.329 e. The molecule has 2 rings (SSSR count). The summed E-state index contributed by atoms with van der Waals surface area (Å²) in [6.45, 7) is 0. The molecule has 2 atom stereocenters. The molecule has 0 aromatic carbocycles. The summed E-state index contributed by atoms with van der Waals surface area (Å²) in [6.07, 6.45) is -0.495. The highest BCUT2D eigenvalue weighted by Crippen LogP contribution is 2.26. The summed E-state index contributed by atoms with van der Waals surface area (Å²) in [5.41, 5.74) is 0. The molecule has 0 aromatic heterocycles. The summed E-state index contributed by atoms with van der Waals surface area (Å²) in [5, 5.41) is 5.32. The molecule has 0 aromatic rings. The number of nitrogens with one attached hydrogen (secondary N) is 2. The van der Waals surface area contributed by atoms with Gasteiger partial charge in [-0.15, -0.1) is 0 Å². The maximum Gasteiger partial charge on any atom is 0.329 e. The Morgan fingerprint density at radius 3 is 1.67 bits per heavy atom. The normalized spacial score (nSPS) is 33.5. The molecule has 2 fully saturated rings. The molecule has 12 heavy (non-hydrogen) atoms. The lowest BCUT2D eigenvalue weighted by Gasteiger charge is -2.12. The van der Waals surface area contributed by atoms with Crippen LogP contribution >= 0.6 is 45.7 Å². The van der Waals surface area contributed by atoms with Crippen molar-refractivity contribution in [1.82, 2.24) is 16.9 Å². The molecule has 2 unspecified atom stereocenters. The first-order chi connectivity index (χ1) is 5.61. The molecular formula is C4H4I2N4O2. The second-order valence-corrected chi connectivity index (χ2v) is 4.49. The second kappa shape index (κ2) is 2.75. The van der Waals surface area contributed by atoms with E-state index in [-0.39, 0.29) is 24.4 Å². The third-order valence-electron chi connectivity index (χ3n) is 1.72. The number of nitrogens with zero attached hydrogens (tertiary/aromatic N) is 2. The van der Waals surface area contributed by atoms with Crippen molar-refractivity contribution in [3.8, 4) is 0 Å². The summed E-state index contributed by atoms with van der Waals surface area (Å²) >= 11 is 3.74. The number of hydrogen-bond donors (Lipinski definition) is 2. The van der Waals surface area contributed by atoms with Gasteiger partial charge in [0.2, 0.25) is 0 Å². The number of amides is 4. The molecule has 4 amide bonds. The van der Waals surface area contributed by atoms with Gasteiger partial charge in [0.25, 0.3) is 0 Å². The molecule has 2 N–H and O–H groups in total. The minimum atomic E-state index is -0.248. The lowest BCUT2D eigenvalue weighted by Crippen LogP contribution is -2.38. The molecule has 0 saturated carbocycles. The van der Waals surface area contributed by atoms with Crippen LogP contribution in [-0.4, -0.2) is 30.6 Å². The predicted molar refractivity (Wildman–Crippen MR) is 56.4 cm³/mol. The molecule has 0 spiro atoms. The molecular weight excluding hydrogens is 390 g/mol. The molecule has 2 saturated heterocycles. The van der Waals surface area contributed by atoms with Gasteiger partial charge in [-0.05, 0) is 0 Å². The van der Waals surface area contributed by atoms with Crippen LogP contribution in [0.15, 0.2) is 0 Å². The van der Waals surface area contributed by atoms with Crippen LogP contribution < -0.4 is 10.6 Å². The Hall–Kier alpha value is 0. The van der Waals surface area contributed by atoms with Gasteiger partial charge in [-0.1, -0.05) is 0 Å². The molecule has 8 heteroatoms. The zero-order chi connectivity index (χ0) is 8.88. The lowest BCUT2D eigenvalue weighted by atomic mass is 10.4. The van der Waals surface area contributed by atoms with E-state index in [1.165, 1.54) is 6.23 Å². The van der Waals surface area contributed by atoms with Gasteiger partial charge in [0.15, 0.2) is 12.3 Å².